The van der Waals surface area contributed by atoms with Gasteiger partial charge in [-0.3, -0.25) is 0 Å². The van der Waals surface area contributed by atoms with E-state index in [0.717, 1.165) is 34.4 Å². The van der Waals surface area contributed by atoms with Crippen LogP contribution in [-0.2, 0) is 6.61 Å². The third-order valence-corrected chi connectivity index (χ3v) is 4.67. The van der Waals surface area contributed by atoms with Gasteiger partial charge in [-0.1, -0.05) is 32.9 Å². The van der Waals surface area contributed by atoms with Gasteiger partial charge in [-0.2, -0.15) is 5.10 Å². The Labute approximate surface area is 174 Å². The number of halogens is 1. The smallest absolute Gasteiger partial charge is 0.223 e. The maximum atomic E-state index is 13.5. The molecule has 30 heavy (non-hydrogen) atoms. The van der Waals surface area contributed by atoms with Gasteiger partial charge in [0, 0.05) is 18.1 Å². The van der Waals surface area contributed by atoms with Crippen molar-refractivity contribution in [3.63, 3.8) is 0 Å². The number of anilines is 1. The zero-order chi connectivity index (χ0) is 21.3. The highest BCUT2D eigenvalue weighted by molar-refractivity contribution is 5.93. The van der Waals surface area contributed by atoms with Crippen LogP contribution < -0.4 is 5.32 Å². The van der Waals surface area contributed by atoms with Gasteiger partial charge in [-0.25, -0.2) is 19.0 Å². The van der Waals surface area contributed by atoms with Crippen molar-refractivity contribution in [1.82, 2.24) is 19.7 Å². The summed E-state index contributed by atoms with van der Waals surface area (Å²) in [5.41, 5.74) is 3.78. The second-order valence-electron chi connectivity index (χ2n) is 8.43. The molecule has 0 amide bonds. The second-order valence-corrected chi connectivity index (χ2v) is 8.43. The normalized spacial score (nSPS) is 11.8. The molecule has 0 spiro atoms. The molecule has 0 aliphatic carbocycles. The predicted molar refractivity (Wildman–Crippen MR) is 116 cm³/mol. The molecule has 0 saturated carbocycles. The lowest BCUT2D eigenvalue weighted by molar-refractivity contribution is 0.282. The monoisotopic (exact) mass is 405 g/mol. The van der Waals surface area contributed by atoms with Crippen LogP contribution >= 0.6 is 0 Å². The number of hydrogen-bond donors (Lipinski definition) is 2. The molecule has 0 unspecified atom stereocenters. The van der Waals surface area contributed by atoms with Gasteiger partial charge in [-0.15, -0.1) is 0 Å². The summed E-state index contributed by atoms with van der Waals surface area (Å²) in [6, 6.07) is 13.6. The molecular weight excluding hydrogens is 381 g/mol. The van der Waals surface area contributed by atoms with Crippen molar-refractivity contribution in [3.05, 3.63) is 66.1 Å². The van der Waals surface area contributed by atoms with Gasteiger partial charge in [-0.05, 0) is 47.4 Å². The highest BCUT2D eigenvalue weighted by atomic mass is 19.1. The number of rotatable bonds is 5. The fraction of sp³-hybridized carbons (Fsp3) is 0.261. The van der Waals surface area contributed by atoms with Crippen LogP contribution in [0.2, 0.25) is 0 Å². The first kappa shape index (κ1) is 20.0. The van der Waals surface area contributed by atoms with Crippen LogP contribution in [0.25, 0.3) is 28.0 Å². The van der Waals surface area contributed by atoms with Crippen molar-refractivity contribution in [1.29, 1.82) is 0 Å². The van der Waals surface area contributed by atoms with E-state index >= 15 is 0 Å². The Kier molecular flexibility index (Phi) is 5.22. The van der Waals surface area contributed by atoms with Gasteiger partial charge in [0.15, 0.2) is 0 Å². The van der Waals surface area contributed by atoms with Crippen LogP contribution in [0.3, 0.4) is 0 Å². The number of hydrogen-bond acceptors (Lipinski definition) is 5. The van der Waals surface area contributed by atoms with Crippen LogP contribution in [0, 0.1) is 11.2 Å². The summed E-state index contributed by atoms with van der Waals surface area (Å²) in [5, 5.41) is 18.4. The van der Waals surface area contributed by atoms with Gasteiger partial charge < -0.3 is 10.4 Å². The number of aliphatic hydroxyl groups is 1. The molecule has 2 aromatic carbocycles. The van der Waals surface area contributed by atoms with Crippen molar-refractivity contribution >= 4 is 16.9 Å². The lowest BCUT2D eigenvalue weighted by Crippen LogP contribution is -2.20. The Morgan fingerprint density at radius 2 is 1.83 bits per heavy atom. The maximum absolute atomic E-state index is 13.5. The van der Waals surface area contributed by atoms with Crippen molar-refractivity contribution in [2.24, 2.45) is 5.41 Å². The number of aromatic nitrogens is 4. The molecule has 0 saturated heterocycles. The third kappa shape index (κ3) is 4.16. The van der Waals surface area contributed by atoms with E-state index in [0.29, 0.717) is 11.6 Å². The Bertz CT molecular complexity index is 1180. The Morgan fingerprint density at radius 3 is 2.53 bits per heavy atom. The van der Waals surface area contributed by atoms with Crippen molar-refractivity contribution in [3.8, 4) is 17.1 Å². The Balaban J connectivity index is 1.86. The quantitative estimate of drug-likeness (QED) is 0.509. The zero-order valence-corrected chi connectivity index (χ0v) is 17.2. The minimum Gasteiger partial charge on any atom is -0.392 e. The molecule has 0 aliphatic heterocycles. The van der Waals surface area contributed by atoms with Crippen LogP contribution in [-0.4, -0.2) is 31.4 Å². The number of nitrogens with zero attached hydrogens (tertiary/aromatic N) is 4. The molecule has 2 heterocycles. The average Bonchev–Trinajstić information content (AvgIpc) is 3.11. The molecule has 0 atom stereocenters. The highest BCUT2D eigenvalue weighted by Crippen LogP contribution is 2.31. The first-order valence-corrected chi connectivity index (χ1v) is 9.80. The van der Waals surface area contributed by atoms with Gasteiger partial charge in [0.2, 0.25) is 5.95 Å². The largest absolute Gasteiger partial charge is 0.392 e. The molecular formula is C23H24FN5O. The van der Waals surface area contributed by atoms with Gasteiger partial charge in [0.05, 0.1) is 23.5 Å². The summed E-state index contributed by atoms with van der Waals surface area (Å²) in [6.07, 6.45) is 1.71. The van der Waals surface area contributed by atoms with E-state index in [-0.39, 0.29) is 17.8 Å². The van der Waals surface area contributed by atoms with Crippen LogP contribution in [0.1, 0.15) is 26.3 Å². The maximum Gasteiger partial charge on any atom is 0.223 e. The highest BCUT2D eigenvalue weighted by Gasteiger charge is 2.18. The molecule has 4 aromatic rings. The van der Waals surface area contributed by atoms with E-state index in [1.165, 1.54) is 12.1 Å². The molecule has 154 valence electrons. The SMILES string of the molecule is CC(C)(C)CNc1nccc(-c2c3ccc(CO)cc3nn2-c2ccc(F)cc2)n1. The van der Waals surface area contributed by atoms with Gasteiger partial charge in [0.1, 0.15) is 11.5 Å². The van der Waals surface area contributed by atoms with E-state index in [1.807, 2.05) is 24.3 Å². The Morgan fingerprint density at radius 1 is 1.07 bits per heavy atom. The van der Waals surface area contributed by atoms with E-state index in [2.05, 4.69) is 31.1 Å². The van der Waals surface area contributed by atoms with Crippen LogP contribution in [0.15, 0.2) is 54.7 Å². The molecule has 0 radical (unpaired) electrons. The number of aliphatic hydroxyl groups excluding tert-OH is 1. The summed E-state index contributed by atoms with van der Waals surface area (Å²) in [7, 11) is 0. The zero-order valence-electron chi connectivity index (χ0n) is 17.2. The van der Waals surface area contributed by atoms with Crippen molar-refractivity contribution in [2.45, 2.75) is 27.4 Å². The third-order valence-electron chi connectivity index (χ3n) is 4.67. The number of fused-ring (bicyclic) bond motifs is 1. The summed E-state index contributed by atoms with van der Waals surface area (Å²) >= 11 is 0. The summed E-state index contributed by atoms with van der Waals surface area (Å²) in [5.74, 6) is 0.227. The minimum atomic E-state index is -0.310. The average molecular weight is 405 g/mol. The van der Waals surface area contributed by atoms with Gasteiger partial charge >= 0.3 is 0 Å². The second kappa shape index (κ2) is 7.84. The molecule has 2 N–H and O–H groups in total. The fourth-order valence-corrected chi connectivity index (χ4v) is 3.17. The molecule has 6 nitrogen and oxygen atoms in total. The van der Waals surface area contributed by atoms with E-state index < -0.39 is 0 Å². The number of nitrogens with one attached hydrogen (secondary N) is 1. The summed E-state index contributed by atoms with van der Waals surface area (Å²) in [6.45, 7) is 7.08. The number of benzene rings is 2. The molecule has 0 aliphatic rings. The fourth-order valence-electron chi connectivity index (χ4n) is 3.17. The summed E-state index contributed by atoms with van der Waals surface area (Å²) < 4.78 is 15.2. The van der Waals surface area contributed by atoms with Crippen molar-refractivity contribution < 1.29 is 9.50 Å². The van der Waals surface area contributed by atoms with Crippen LogP contribution in [0.5, 0.6) is 0 Å². The summed E-state index contributed by atoms with van der Waals surface area (Å²) in [4.78, 5) is 9.05. The minimum absolute atomic E-state index is 0.0664. The van der Waals surface area contributed by atoms with Gasteiger partial charge in [0.25, 0.3) is 0 Å². The first-order valence-electron chi connectivity index (χ1n) is 9.80. The molecule has 2 aromatic heterocycles. The lowest BCUT2D eigenvalue weighted by Gasteiger charge is -2.18. The Hall–Kier alpha value is -3.32. The van der Waals surface area contributed by atoms with E-state index in [4.69, 9.17) is 10.1 Å². The topological polar surface area (TPSA) is 75.9 Å². The molecule has 4 rings (SSSR count). The molecule has 0 fully saturated rings. The molecule has 0 bridgehead atoms. The lowest BCUT2D eigenvalue weighted by atomic mass is 9.97. The van der Waals surface area contributed by atoms with E-state index in [9.17, 15) is 9.50 Å². The van der Waals surface area contributed by atoms with Crippen LogP contribution in [0.4, 0.5) is 10.3 Å². The molecule has 7 heteroatoms. The van der Waals surface area contributed by atoms with Crippen molar-refractivity contribution in [2.75, 3.05) is 11.9 Å². The first-order chi connectivity index (χ1) is 14.3. The van der Waals surface area contributed by atoms with E-state index in [1.54, 1.807) is 23.0 Å². The standard InChI is InChI=1S/C23H24FN5O/c1-23(2,3)14-26-22-25-11-10-19(27-22)21-18-9-4-15(13-30)12-20(18)28-29(21)17-7-5-16(24)6-8-17/h4-12,30H,13-14H2,1-3H3,(H,25,26,27). The predicted octanol–water partition coefficient (Wildman–Crippen LogP) is 4.57.